The predicted octanol–water partition coefficient (Wildman–Crippen LogP) is 2.88. The minimum absolute atomic E-state index is 0.231. The smallest absolute Gasteiger partial charge is 0.339 e. The zero-order valence-electron chi connectivity index (χ0n) is 23.1. The van der Waals surface area contributed by atoms with Crippen molar-refractivity contribution < 1.29 is 47.6 Å². The van der Waals surface area contributed by atoms with Gasteiger partial charge >= 0.3 is 17.9 Å². The molecule has 212 valence electrons. The first-order chi connectivity index (χ1) is 18.3. The monoisotopic (exact) mass is 544 g/mol. The van der Waals surface area contributed by atoms with Crippen molar-refractivity contribution in [3.63, 3.8) is 0 Å². The van der Waals surface area contributed by atoms with Crippen LogP contribution in [0.5, 0.6) is 0 Å². The lowest BCUT2D eigenvalue weighted by Gasteiger charge is -2.67. The Labute approximate surface area is 226 Å². The number of ether oxygens (including phenoxy) is 5. The zero-order valence-corrected chi connectivity index (χ0v) is 23.1. The zero-order chi connectivity index (χ0) is 28.2. The van der Waals surface area contributed by atoms with Crippen LogP contribution in [0.1, 0.15) is 59.1 Å². The average molecular weight is 545 g/mol. The lowest BCUT2D eigenvalue weighted by Crippen LogP contribution is -2.75. The molecule has 4 heterocycles. The first-order valence-electron chi connectivity index (χ1n) is 13.5. The van der Waals surface area contributed by atoms with Crippen molar-refractivity contribution in [1.82, 2.24) is 0 Å². The molecule has 3 aliphatic heterocycles. The molecule has 10 atom stereocenters. The highest BCUT2D eigenvalue weighted by molar-refractivity contribution is 5.83. The van der Waals surface area contributed by atoms with E-state index in [0.717, 1.165) is 0 Å². The van der Waals surface area contributed by atoms with Crippen molar-refractivity contribution in [2.75, 3.05) is 13.7 Å². The minimum atomic E-state index is -1.18. The highest BCUT2D eigenvalue weighted by Crippen LogP contribution is 2.80. The molecular weight excluding hydrogens is 508 g/mol. The number of hydrogen-bond donors (Lipinski definition) is 1. The van der Waals surface area contributed by atoms with Gasteiger partial charge in [-0.05, 0) is 38.7 Å². The van der Waals surface area contributed by atoms with Gasteiger partial charge in [-0.1, -0.05) is 19.9 Å². The molecule has 1 N–H and O–H groups in total. The fourth-order valence-electron chi connectivity index (χ4n) is 9.39. The number of carbonyl (C=O) groups is 3. The number of furan rings is 1. The Kier molecular flexibility index (Phi) is 5.56. The van der Waals surface area contributed by atoms with E-state index in [1.807, 2.05) is 27.7 Å². The SMILES string of the molecule is COC(=O)C=C[C@]12COC(C)(C)[C@@H]1[C@@H](O)[C@@H](OC(C)=O)[C@]1(C)[C@H]2CC[C@@]2(C)[C@@H](c3ccoc3)OC(=O)[C@@H]3O[C@]312. The van der Waals surface area contributed by atoms with Crippen molar-refractivity contribution in [1.29, 1.82) is 0 Å². The Morgan fingerprint density at radius 3 is 2.56 bits per heavy atom. The average Bonchev–Trinajstić information content (AvgIpc) is 3.33. The third-order valence-electron chi connectivity index (χ3n) is 10.8. The van der Waals surface area contributed by atoms with Gasteiger partial charge in [0.05, 0.1) is 37.9 Å². The number of methoxy groups -OCH3 is 1. The third kappa shape index (κ3) is 3.11. The molecule has 3 saturated heterocycles. The van der Waals surface area contributed by atoms with Crippen molar-refractivity contribution in [2.24, 2.45) is 28.1 Å². The molecule has 1 spiro atoms. The van der Waals surface area contributed by atoms with Gasteiger partial charge in [0.2, 0.25) is 0 Å². The van der Waals surface area contributed by atoms with Gasteiger partial charge in [-0.25, -0.2) is 9.59 Å². The molecule has 2 saturated carbocycles. The quantitative estimate of drug-likeness (QED) is 0.261. The van der Waals surface area contributed by atoms with E-state index in [-0.39, 0.29) is 12.5 Å². The number of epoxide rings is 1. The summed E-state index contributed by atoms with van der Waals surface area (Å²) in [5.74, 6) is -2.38. The summed E-state index contributed by atoms with van der Waals surface area (Å²) in [4.78, 5) is 38.3. The van der Waals surface area contributed by atoms with E-state index < -0.39 is 75.7 Å². The van der Waals surface area contributed by atoms with Crippen LogP contribution in [0.2, 0.25) is 0 Å². The van der Waals surface area contributed by atoms with Gasteiger partial charge in [-0.2, -0.15) is 0 Å². The molecule has 5 aliphatic rings. The second kappa shape index (κ2) is 8.17. The maximum Gasteiger partial charge on any atom is 0.339 e. The minimum Gasteiger partial charge on any atom is -0.472 e. The van der Waals surface area contributed by atoms with E-state index >= 15 is 0 Å². The summed E-state index contributed by atoms with van der Waals surface area (Å²) in [6.07, 6.45) is 3.78. The highest BCUT2D eigenvalue weighted by atomic mass is 16.7. The summed E-state index contributed by atoms with van der Waals surface area (Å²) >= 11 is 0. The van der Waals surface area contributed by atoms with Crippen molar-refractivity contribution >= 4 is 17.9 Å². The van der Waals surface area contributed by atoms with Crippen LogP contribution < -0.4 is 0 Å². The Bertz CT molecular complexity index is 1240. The lowest BCUT2D eigenvalue weighted by molar-refractivity contribution is -0.271. The van der Waals surface area contributed by atoms with E-state index in [4.69, 9.17) is 28.1 Å². The first kappa shape index (κ1) is 26.5. The van der Waals surface area contributed by atoms with Crippen LogP contribution in [-0.4, -0.2) is 66.2 Å². The van der Waals surface area contributed by atoms with E-state index in [1.165, 1.54) is 26.4 Å². The molecule has 0 bridgehead atoms. The van der Waals surface area contributed by atoms with E-state index in [2.05, 4.69) is 0 Å². The largest absolute Gasteiger partial charge is 0.472 e. The molecule has 1 aromatic rings. The van der Waals surface area contributed by atoms with Crippen molar-refractivity contribution in [2.45, 2.75) is 83.1 Å². The molecule has 0 amide bonds. The highest BCUT2D eigenvalue weighted by Gasteiger charge is 2.90. The second-order valence-corrected chi connectivity index (χ2v) is 12.8. The van der Waals surface area contributed by atoms with Gasteiger partial charge in [0.1, 0.15) is 17.8 Å². The van der Waals surface area contributed by atoms with Crippen LogP contribution >= 0.6 is 0 Å². The molecule has 10 nitrogen and oxygen atoms in total. The lowest BCUT2D eigenvalue weighted by atomic mass is 9.37. The molecule has 0 radical (unpaired) electrons. The predicted molar refractivity (Wildman–Crippen MR) is 133 cm³/mol. The van der Waals surface area contributed by atoms with Gasteiger partial charge in [0, 0.05) is 40.7 Å². The summed E-state index contributed by atoms with van der Waals surface area (Å²) in [7, 11) is 1.31. The van der Waals surface area contributed by atoms with Crippen LogP contribution in [0.3, 0.4) is 0 Å². The molecule has 0 aromatic carbocycles. The number of fused-ring (bicyclic) bond motifs is 3. The number of aliphatic hydroxyl groups is 1. The molecule has 10 heteroatoms. The molecule has 6 rings (SSSR count). The maximum atomic E-state index is 13.4. The van der Waals surface area contributed by atoms with Crippen LogP contribution in [0.15, 0.2) is 35.2 Å². The number of cyclic esters (lactones) is 1. The van der Waals surface area contributed by atoms with Gasteiger partial charge in [0.25, 0.3) is 0 Å². The van der Waals surface area contributed by atoms with Gasteiger partial charge in [0.15, 0.2) is 6.10 Å². The number of hydrogen-bond acceptors (Lipinski definition) is 10. The number of rotatable bonds is 4. The molecule has 5 fully saturated rings. The van der Waals surface area contributed by atoms with Crippen LogP contribution in [0, 0.1) is 28.1 Å². The van der Waals surface area contributed by atoms with Crippen LogP contribution in [-0.2, 0) is 38.1 Å². The summed E-state index contributed by atoms with van der Waals surface area (Å²) in [5, 5.41) is 12.1. The Balaban J connectivity index is 1.58. The maximum absolute atomic E-state index is 13.4. The molecule has 39 heavy (non-hydrogen) atoms. The third-order valence-corrected chi connectivity index (χ3v) is 10.8. The summed E-state index contributed by atoms with van der Waals surface area (Å²) in [6.45, 7) is 9.33. The Morgan fingerprint density at radius 1 is 1.18 bits per heavy atom. The number of aliphatic hydroxyl groups excluding tert-OH is 1. The Morgan fingerprint density at radius 2 is 1.92 bits per heavy atom. The number of carbonyl (C=O) groups excluding carboxylic acids is 3. The van der Waals surface area contributed by atoms with Gasteiger partial charge < -0.3 is 33.2 Å². The summed E-state index contributed by atoms with van der Waals surface area (Å²) < 4.78 is 35.0. The molecular formula is C29H36O10. The first-order valence-corrected chi connectivity index (χ1v) is 13.5. The molecule has 2 aliphatic carbocycles. The van der Waals surface area contributed by atoms with Crippen molar-refractivity contribution in [3.05, 3.63) is 36.3 Å². The summed E-state index contributed by atoms with van der Waals surface area (Å²) in [5.41, 5.74) is -3.82. The van der Waals surface area contributed by atoms with Crippen LogP contribution in [0.4, 0.5) is 0 Å². The molecule has 1 aromatic heterocycles. The van der Waals surface area contributed by atoms with E-state index in [0.29, 0.717) is 18.4 Å². The molecule has 0 unspecified atom stereocenters. The van der Waals surface area contributed by atoms with Gasteiger partial charge in [-0.3, -0.25) is 4.79 Å². The standard InChI is InChI=1S/C29H36O10/c1-15(30)37-22-19(32)20-25(2,3)36-14-28(20,11-8-18(31)34-6)17-7-10-26(4)21(16-9-12-35-13-16)38-24(33)23-29(26,39-23)27(17,22)5/h8-9,11-13,17,19-23,32H,7,10,14H2,1-6H3/t17-,19-,20+,21-,22-,23+,26+,27+,28-,29+/m1/s1. The Hall–Kier alpha value is -2.69. The van der Waals surface area contributed by atoms with Crippen molar-refractivity contribution in [3.8, 4) is 0 Å². The normalized spacial score (nSPS) is 47.3. The number of esters is 3. The topological polar surface area (TPSA) is 134 Å². The summed E-state index contributed by atoms with van der Waals surface area (Å²) in [6, 6.07) is 1.78. The van der Waals surface area contributed by atoms with Crippen LogP contribution in [0.25, 0.3) is 0 Å². The van der Waals surface area contributed by atoms with Gasteiger partial charge in [-0.15, -0.1) is 0 Å². The fourth-order valence-corrected chi connectivity index (χ4v) is 9.39. The van der Waals surface area contributed by atoms with E-state index in [1.54, 1.807) is 18.4 Å². The van der Waals surface area contributed by atoms with E-state index in [9.17, 15) is 19.5 Å². The fraction of sp³-hybridized carbons (Fsp3) is 0.690. The second-order valence-electron chi connectivity index (χ2n) is 12.8.